The summed E-state index contributed by atoms with van der Waals surface area (Å²) in [4.78, 5) is 17.7. The van der Waals surface area contributed by atoms with Crippen LogP contribution in [0.4, 0.5) is 0 Å². The van der Waals surface area contributed by atoms with Crippen molar-refractivity contribution in [1.82, 2.24) is 4.98 Å². The van der Waals surface area contributed by atoms with Crippen LogP contribution in [0.3, 0.4) is 0 Å². The molecule has 41 heavy (non-hydrogen) atoms. The van der Waals surface area contributed by atoms with E-state index in [0.29, 0.717) is 12.2 Å². The third-order valence-electron chi connectivity index (χ3n) is 9.25. The molecule has 1 aromatic heterocycles. The first-order valence-corrected chi connectivity index (χ1v) is 18.4. The van der Waals surface area contributed by atoms with Crippen LogP contribution in [-0.2, 0) is 15.6 Å². The third kappa shape index (κ3) is 6.55. The van der Waals surface area contributed by atoms with E-state index in [9.17, 15) is 9.90 Å². The van der Waals surface area contributed by atoms with Crippen LogP contribution in [0.1, 0.15) is 143 Å². The number of aliphatic hydroxyl groups excluding tert-OH is 1. The van der Waals surface area contributed by atoms with Crippen LogP contribution in [0.5, 0.6) is 0 Å². The van der Waals surface area contributed by atoms with Crippen molar-refractivity contribution in [3.05, 3.63) is 69.5 Å². The normalized spacial score (nSPS) is 19.6. The second-order valence-corrected chi connectivity index (χ2v) is 19.3. The molecule has 4 rings (SSSR count). The number of hydrogen-bond donors (Lipinski definition) is 1. The monoisotopic (exact) mass is 577 g/mol. The maximum atomic E-state index is 12.3. The number of aliphatic hydroxyl groups is 1. The molecule has 1 N–H and O–H groups in total. The fourth-order valence-corrected chi connectivity index (χ4v) is 7.34. The number of aromatic nitrogens is 1. The number of carbonyl (C=O) groups excluding carboxylic acids is 1. The average molecular weight is 578 g/mol. The summed E-state index contributed by atoms with van der Waals surface area (Å²) >= 11 is 0. The van der Waals surface area contributed by atoms with Gasteiger partial charge in [-0.3, -0.25) is 4.98 Å². The molecule has 5 nitrogen and oxygen atoms in total. The van der Waals surface area contributed by atoms with Crippen molar-refractivity contribution in [2.45, 2.75) is 124 Å². The first-order valence-electron chi connectivity index (χ1n) is 15.4. The Balaban J connectivity index is 1.95. The van der Waals surface area contributed by atoms with Gasteiger partial charge in [0.05, 0.1) is 18.3 Å². The highest BCUT2D eigenvalue weighted by Gasteiger charge is 2.45. The summed E-state index contributed by atoms with van der Waals surface area (Å²) < 4.78 is 12.4. The first kappa shape index (κ1) is 31.6. The number of ether oxygens (including phenoxy) is 1. The Labute approximate surface area is 248 Å². The lowest BCUT2D eigenvalue weighted by Gasteiger charge is -2.45. The number of hydrogen-bond acceptors (Lipinski definition) is 5. The first-order chi connectivity index (χ1) is 19.1. The van der Waals surface area contributed by atoms with E-state index in [1.807, 2.05) is 12.1 Å². The average Bonchev–Trinajstić information content (AvgIpc) is 3.40. The highest BCUT2D eigenvalue weighted by atomic mass is 28.4. The molecular weight excluding hydrogens is 526 g/mol. The lowest BCUT2D eigenvalue weighted by Crippen LogP contribution is -2.44. The molecule has 0 bridgehead atoms. The van der Waals surface area contributed by atoms with Crippen molar-refractivity contribution < 1.29 is 19.1 Å². The molecular formula is C35H51NO4Si. The van der Waals surface area contributed by atoms with Gasteiger partial charge in [-0.05, 0) is 97.3 Å². The van der Waals surface area contributed by atoms with Crippen LogP contribution < -0.4 is 0 Å². The van der Waals surface area contributed by atoms with Gasteiger partial charge < -0.3 is 14.3 Å². The van der Waals surface area contributed by atoms with E-state index in [-0.39, 0.29) is 28.4 Å². The van der Waals surface area contributed by atoms with Crippen LogP contribution >= 0.6 is 0 Å². The fraction of sp³-hybridized carbons (Fsp3) is 0.600. The van der Waals surface area contributed by atoms with Crippen LogP contribution in [-0.4, -0.2) is 31.0 Å². The minimum atomic E-state index is -2.11. The number of nitrogens with zero attached hydrogens (tertiary/aromatic N) is 1. The molecule has 0 fully saturated rings. The standard InChI is InChI=1S/C35H51NO4Si/c1-11-39-33(38)25-18-16-24(17-19-25)32(37)30-28(23-14-12-13-15-23)29-26(36-31(30)22(2)3)20-35(7,8)21-27(29)40-41(9,10)34(4,5)6/h14,16-19,22,27,32,37H,11-13,15,20-21H2,1-10H3/t27-,32+/m0/s1. The minimum absolute atomic E-state index is 0.0612. The van der Waals surface area contributed by atoms with E-state index in [1.54, 1.807) is 19.1 Å². The van der Waals surface area contributed by atoms with Gasteiger partial charge >= 0.3 is 5.97 Å². The SMILES string of the molecule is CCOC(=O)c1ccc([C@@H](O)c2c(C(C)C)nc3c(c2C2=CCCC2)[C@@H](O[Si](C)(C)C(C)(C)C)CC(C)(C)C3)cc1. The lowest BCUT2D eigenvalue weighted by molar-refractivity contribution is 0.0526. The summed E-state index contributed by atoms with van der Waals surface area (Å²) in [6.07, 6.45) is 6.40. The summed E-state index contributed by atoms with van der Waals surface area (Å²) in [5.74, 6) is -0.216. The van der Waals surface area contributed by atoms with E-state index in [0.717, 1.165) is 60.2 Å². The van der Waals surface area contributed by atoms with E-state index in [2.05, 4.69) is 67.6 Å². The summed E-state index contributed by atoms with van der Waals surface area (Å²) in [7, 11) is -2.11. The number of fused-ring (bicyclic) bond motifs is 1. The summed E-state index contributed by atoms with van der Waals surface area (Å²) in [5.41, 5.74) is 7.96. The topological polar surface area (TPSA) is 68.7 Å². The molecule has 2 atom stereocenters. The third-order valence-corrected chi connectivity index (χ3v) is 13.7. The number of pyridine rings is 1. The van der Waals surface area contributed by atoms with Gasteiger partial charge in [0.1, 0.15) is 6.10 Å². The van der Waals surface area contributed by atoms with Gasteiger partial charge in [-0.2, -0.15) is 0 Å². The molecule has 0 unspecified atom stereocenters. The lowest BCUT2D eigenvalue weighted by atomic mass is 9.71. The molecule has 1 heterocycles. The van der Waals surface area contributed by atoms with Gasteiger partial charge in [-0.15, -0.1) is 0 Å². The van der Waals surface area contributed by atoms with Crippen molar-refractivity contribution in [1.29, 1.82) is 0 Å². The predicted octanol–water partition coefficient (Wildman–Crippen LogP) is 9.07. The quantitative estimate of drug-likeness (QED) is 0.250. The van der Waals surface area contributed by atoms with Gasteiger partial charge in [0.2, 0.25) is 0 Å². The Bertz CT molecular complexity index is 1300. The highest BCUT2D eigenvalue weighted by molar-refractivity contribution is 6.74. The molecule has 0 saturated heterocycles. The van der Waals surface area contributed by atoms with Gasteiger partial charge in [0.15, 0.2) is 8.32 Å². The van der Waals surface area contributed by atoms with Crippen molar-refractivity contribution >= 4 is 19.9 Å². The maximum Gasteiger partial charge on any atom is 0.338 e. The number of allylic oxidation sites excluding steroid dienone is 2. The van der Waals surface area contributed by atoms with E-state index in [1.165, 1.54) is 11.1 Å². The Morgan fingerprint density at radius 1 is 1.17 bits per heavy atom. The van der Waals surface area contributed by atoms with Gasteiger partial charge in [-0.1, -0.05) is 66.7 Å². The zero-order chi connectivity index (χ0) is 30.3. The zero-order valence-electron chi connectivity index (χ0n) is 27.0. The second kappa shape index (κ2) is 11.8. The molecule has 0 spiro atoms. The molecule has 1 aromatic carbocycles. The molecule has 0 aliphatic heterocycles. The second-order valence-electron chi connectivity index (χ2n) is 14.6. The number of carbonyl (C=O) groups is 1. The highest BCUT2D eigenvalue weighted by Crippen LogP contribution is 2.52. The number of esters is 1. The predicted molar refractivity (Wildman–Crippen MR) is 170 cm³/mol. The fourth-order valence-electron chi connectivity index (χ4n) is 6.07. The number of benzene rings is 1. The van der Waals surface area contributed by atoms with Crippen LogP contribution in [0.25, 0.3) is 5.57 Å². The van der Waals surface area contributed by atoms with Gasteiger partial charge in [-0.25, -0.2) is 4.79 Å². The molecule has 0 radical (unpaired) electrons. The molecule has 224 valence electrons. The Hall–Kier alpha value is -2.28. The van der Waals surface area contributed by atoms with E-state index < -0.39 is 14.4 Å². The van der Waals surface area contributed by atoms with Gasteiger partial charge in [0.25, 0.3) is 0 Å². The summed E-state index contributed by atoms with van der Waals surface area (Å²) in [6, 6.07) is 7.19. The van der Waals surface area contributed by atoms with Crippen LogP contribution in [0.2, 0.25) is 18.1 Å². The smallest absolute Gasteiger partial charge is 0.338 e. The summed E-state index contributed by atoms with van der Waals surface area (Å²) in [6.45, 7) is 22.7. The van der Waals surface area contributed by atoms with Crippen LogP contribution in [0, 0.1) is 5.41 Å². The maximum absolute atomic E-state index is 12.3. The Kier molecular flexibility index (Phi) is 9.09. The molecule has 0 saturated carbocycles. The van der Waals surface area contributed by atoms with Crippen molar-refractivity contribution in [2.24, 2.45) is 5.41 Å². The minimum Gasteiger partial charge on any atom is -0.462 e. The van der Waals surface area contributed by atoms with Crippen molar-refractivity contribution in [2.75, 3.05) is 6.61 Å². The largest absolute Gasteiger partial charge is 0.462 e. The molecule has 2 aliphatic carbocycles. The van der Waals surface area contributed by atoms with Crippen molar-refractivity contribution in [3.63, 3.8) is 0 Å². The summed E-state index contributed by atoms with van der Waals surface area (Å²) in [5, 5.41) is 12.2. The van der Waals surface area contributed by atoms with Crippen molar-refractivity contribution in [3.8, 4) is 0 Å². The molecule has 2 aliphatic rings. The Morgan fingerprint density at radius 3 is 2.37 bits per heavy atom. The molecule has 0 amide bonds. The van der Waals surface area contributed by atoms with E-state index in [4.69, 9.17) is 14.1 Å². The van der Waals surface area contributed by atoms with Crippen LogP contribution in [0.15, 0.2) is 30.3 Å². The Morgan fingerprint density at radius 2 is 1.83 bits per heavy atom. The van der Waals surface area contributed by atoms with E-state index >= 15 is 0 Å². The molecule has 6 heteroatoms. The zero-order valence-corrected chi connectivity index (χ0v) is 28.0. The molecule has 2 aromatic rings. The number of rotatable bonds is 8. The van der Waals surface area contributed by atoms with Gasteiger partial charge in [0, 0.05) is 22.5 Å².